The van der Waals surface area contributed by atoms with E-state index in [9.17, 15) is 4.79 Å². The van der Waals surface area contributed by atoms with Gasteiger partial charge in [0.15, 0.2) is 0 Å². The van der Waals surface area contributed by atoms with Crippen LogP contribution in [0.25, 0.3) is 6.08 Å². The number of anilines is 1. The zero-order valence-electron chi connectivity index (χ0n) is 15.3. The third-order valence-corrected chi connectivity index (χ3v) is 4.00. The summed E-state index contributed by atoms with van der Waals surface area (Å²) in [5.41, 5.74) is 1.40. The van der Waals surface area contributed by atoms with E-state index in [1.165, 1.54) is 6.08 Å². The molecule has 0 heterocycles. The SMILES string of the molecule is CCOc1ccc(N(CCC#N)C(=O)/C=C/c2cc(Cl)ccc2OC)cc1. The second-order valence-corrected chi connectivity index (χ2v) is 5.98. The summed E-state index contributed by atoms with van der Waals surface area (Å²) >= 11 is 6.02. The molecule has 2 aromatic carbocycles. The molecule has 0 aromatic heterocycles. The third kappa shape index (κ3) is 5.77. The van der Waals surface area contributed by atoms with Gasteiger partial charge < -0.3 is 14.4 Å². The molecule has 0 saturated carbocycles. The molecule has 0 N–H and O–H groups in total. The molecule has 0 aliphatic carbocycles. The number of halogens is 1. The number of rotatable bonds is 8. The fourth-order valence-corrected chi connectivity index (χ4v) is 2.68. The van der Waals surface area contributed by atoms with Crippen LogP contribution in [0.3, 0.4) is 0 Å². The molecule has 0 fully saturated rings. The van der Waals surface area contributed by atoms with E-state index in [1.54, 1.807) is 60.6 Å². The highest BCUT2D eigenvalue weighted by Gasteiger charge is 2.13. The van der Waals surface area contributed by atoms with Gasteiger partial charge in [0.1, 0.15) is 11.5 Å². The predicted octanol–water partition coefficient (Wildman–Crippen LogP) is 4.71. The first-order valence-corrected chi connectivity index (χ1v) is 8.89. The van der Waals surface area contributed by atoms with E-state index in [-0.39, 0.29) is 12.3 Å². The van der Waals surface area contributed by atoms with E-state index in [0.29, 0.717) is 35.2 Å². The molecule has 1 amide bonds. The number of hydrogen-bond donors (Lipinski definition) is 0. The Bertz CT molecular complexity index is 841. The normalized spacial score (nSPS) is 10.4. The summed E-state index contributed by atoms with van der Waals surface area (Å²) in [6, 6.07) is 14.5. The van der Waals surface area contributed by atoms with Gasteiger partial charge in [0.25, 0.3) is 5.91 Å². The largest absolute Gasteiger partial charge is 0.496 e. The molecular weight excluding hydrogens is 364 g/mol. The highest BCUT2D eigenvalue weighted by atomic mass is 35.5. The molecule has 0 atom stereocenters. The van der Waals surface area contributed by atoms with Crippen LogP contribution in [0.2, 0.25) is 5.02 Å². The van der Waals surface area contributed by atoms with Crippen molar-refractivity contribution in [2.24, 2.45) is 0 Å². The van der Waals surface area contributed by atoms with Crippen LogP contribution in [0, 0.1) is 11.3 Å². The summed E-state index contributed by atoms with van der Waals surface area (Å²) < 4.78 is 10.7. The number of carbonyl (C=O) groups excluding carboxylic acids is 1. The molecule has 6 heteroatoms. The predicted molar refractivity (Wildman–Crippen MR) is 107 cm³/mol. The lowest BCUT2D eigenvalue weighted by Crippen LogP contribution is -2.30. The van der Waals surface area contributed by atoms with Crippen molar-refractivity contribution in [3.8, 4) is 17.6 Å². The Hall–Kier alpha value is -2.97. The van der Waals surface area contributed by atoms with Gasteiger partial charge in [0.2, 0.25) is 0 Å². The number of nitriles is 1. The molecule has 2 rings (SSSR count). The molecule has 0 aliphatic rings. The smallest absolute Gasteiger partial charge is 0.251 e. The number of ether oxygens (including phenoxy) is 2. The molecule has 0 spiro atoms. The minimum absolute atomic E-state index is 0.229. The van der Waals surface area contributed by atoms with Crippen LogP contribution < -0.4 is 14.4 Å². The second-order valence-electron chi connectivity index (χ2n) is 5.54. The van der Waals surface area contributed by atoms with Gasteiger partial charge in [-0.1, -0.05) is 11.6 Å². The zero-order valence-corrected chi connectivity index (χ0v) is 16.1. The lowest BCUT2D eigenvalue weighted by atomic mass is 10.1. The van der Waals surface area contributed by atoms with Crippen LogP contribution in [0.4, 0.5) is 5.69 Å². The Morgan fingerprint density at radius 3 is 2.63 bits per heavy atom. The maximum Gasteiger partial charge on any atom is 0.251 e. The number of hydrogen-bond acceptors (Lipinski definition) is 4. The molecule has 2 aromatic rings. The Balaban J connectivity index is 2.24. The summed E-state index contributed by atoms with van der Waals surface area (Å²) in [5, 5.41) is 9.46. The Morgan fingerprint density at radius 1 is 1.26 bits per heavy atom. The Morgan fingerprint density at radius 2 is 2.00 bits per heavy atom. The van der Waals surface area contributed by atoms with E-state index in [0.717, 1.165) is 5.75 Å². The molecule has 0 bridgehead atoms. The number of carbonyl (C=O) groups is 1. The highest BCUT2D eigenvalue weighted by molar-refractivity contribution is 6.30. The monoisotopic (exact) mass is 384 g/mol. The number of methoxy groups -OCH3 is 1. The van der Waals surface area contributed by atoms with Gasteiger partial charge in [-0.15, -0.1) is 0 Å². The average Bonchev–Trinajstić information content (AvgIpc) is 2.68. The van der Waals surface area contributed by atoms with Gasteiger partial charge in [-0.05, 0) is 55.5 Å². The molecule has 0 aliphatic heterocycles. The first-order valence-electron chi connectivity index (χ1n) is 8.52. The summed E-state index contributed by atoms with van der Waals surface area (Å²) in [5.74, 6) is 1.11. The molecule has 5 nitrogen and oxygen atoms in total. The highest BCUT2D eigenvalue weighted by Crippen LogP contribution is 2.25. The van der Waals surface area contributed by atoms with Gasteiger partial charge in [0.05, 0.1) is 26.2 Å². The molecule has 0 unspecified atom stereocenters. The van der Waals surface area contributed by atoms with E-state index in [4.69, 9.17) is 26.3 Å². The second kappa shape index (κ2) is 10.2. The number of benzene rings is 2. The molecule has 27 heavy (non-hydrogen) atoms. The van der Waals surface area contributed by atoms with Gasteiger partial charge in [-0.25, -0.2) is 0 Å². The Labute approximate surface area is 164 Å². The minimum atomic E-state index is -0.239. The number of nitrogens with zero attached hydrogens (tertiary/aromatic N) is 2. The van der Waals surface area contributed by atoms with Gasteiger partial charge in [0, 0.05) is 28.9 Å². The quantitative estimate of drug-likeness (QED) is 0.618. The summed E-state index contributed by atoms with van der Waals surface area (Å²) in [7, 11) is 1.56. The lowest BCUT2D eigenvalue weighted by molar-refractivity contribution is -0.114. The molecule has 0 radical (unpaired) electrons. The first-order chi connectivity index (χ1) is 13.1. The van der Waals surface area contributed by atoms with Crippen LogP contribution in [0.1, 0.15) is 18.9 Å². The summed E-state index contributed by atoms with van der Waals surface area (Å²) in [6.07, 6.45) is 3.33. The van der Waals surface area contributed by atoms with Gasteiger partial charge >= 0.3 is 0 Å². The van der Waals surface area contributed by atoms with Crippen molar-refractivity contribution >= 4 is 29.3 Å². The number of amides is 1. The van der Waals surface area contributed by atoms with Crippen molar-refractivity contribution < 1.29 is 14.3 Å². The third-order valence-electron chi connectivity index (χ3n) is 3.77. The fourth-order valence-electron chi connectivity index (χ4n) is 2.50. The van der Waals surface area contributed by atoms with Gasteiger partial charge in [-0.2, -0.15) is 5.26 Å². The molecule has 0 saturated heterocycles. The zero-order chi connectivity index (χ0) is 19.6. The van der Waals surface area contributed by atoms with Crippen molar-refractivity contribution in [3.63, 3.8) is 0 Å². The standard InChI is InChI=1S/C21H21ClN2O3/c1-3-27-19-9-7-18(8-10-19)24(14-4-13-23)21(25)12-5-16-15-17(22)6-11-20(16)26-2/h5-12,15H,3-4,14H2,1-2H3/b12-5+. The maximum absolute atomic E-state index is 12.7. The fraction of sp³-hybridized carbons (Fsp3) is 0.238. The van der Waals surface area contributed by atoms with Crippen LogP contribution in [0.15, 0.2) is 48.5 Å². The van der Waals surface area contributed by atoms with Crippen LogP contribution in [-0.4, -0.2) is 26.2 Å². The summed E-state index contributed by atoms with van der Waals surface area (Å²) in [4.78, 5) is 14.3. The van der Waals surface area contributed by atoms with Crippen molar-refractivity contribution in [1.82, 2.24) is 0 Å². The van der Waals surface area contributed by atoms with Crippen molar-refractivity contribution in [2.45, 2.75) is 13.3 Å². The topological polar surface area (TPSA) is 62.6 Å². The van der Waals surface area contributed by atoms with E-state index in [1.807, 2.05) is 6.92 Å². The maximum atomic E-state index is 12.7. The van der Waals surface area contributed by atoms with E-state index < -0.39 is 0 Å². The molecule has 140 valence electrons. The van der Waals surface area contributed by atoms with Gasteiger partial charge in [-0.3, -0.25) is 4.79 Å². The van der Waals surface area contributed by atoms with Crippen molar-refractivity contribution in [3.05, 3.63) is 59.1 Å². The minimum Gasteiger partial charge on any atom is -0.496 e. The van der Waals surface area contributed by atoms with E-state index in [2.05, 4.69) is 6.07 Å². The molecular formula is C21H21ClN2O3. The van der Waals surface area contributed by atoms with Crippen LogP contribution in [0.5, 0.6) is 11.5 Å². The van der Waals surface area contributed by atoms with Crippen LogP contribution >= 0.6 is 11.6 Å². The first kappa shape index (κ1) is 20.3. The van der Waals surface area contributed by atoms with Crippen LogP contribution in [-0.2, 0) is 4.79 Å². The van der Waals surface area contributed by atoms with Crippen molar-refractivity contribution in [1.29, 1.82) is 5.26 Å². The average molecular weight is 385 g/mol. The lowest BCUT2D eigenvalue weighted by Gasteiger charge is -2.20. The Kier molecular flexibility index (Phi) is 7.72. The summed E-state index contributed by atoms with van der Waals surface area (Å²) in [6.45, 7) is 2.77. The van der Waals surface area contributed by atoms with E-state index >= 15 is 0 Å². The van der Waals surface area contributed by atoms with Crippen molar-refractivity contribution in [2.75, 3.05) is 25.2 Å².